The Hall–Kier alpha value is -1.12. The highest BCUT2D eigenvalue weighted by atomic mass is 79.9. The molecule has 2 rings (SSSR count). The Morgan fingerprint density at radius 1 is 1.60 bits per heavy atom. The van der Waals surface area contributed by atoms with Crippen molar-refractivity contribution in [2.75, 3.05) is 23.4 Å². The van der Waals surface area contributed by atoms with Gasteiger partial charge in [0.25, 0.3) is 5.69 Å². The van der Waals surface area contributed by atoms with E-state index in [0.29, 0.717) is 16.6 Å². The Morgan fingerprint density at radius 3 is 3.00 bits per heavy atom. The number of rotatable bonds is 4. The Kier molecular flexibility index (Phi) is 5.38. The topological polar surface area (TPSA) is 84.3 Å². The SMILES string of the molecule is O=C(CC1CSCCN1)Nc1ccc([N+](=O)[O-])c(Br)c1. The summed E-state index contributed by atoms with van der Waals surface area (Å²) >= 11 is 4.96. The van der Waals surface area contributed by atoms with Crippen LogP contribution < -0.4 is 10.6 Å². The molecule has 1 unspecified atom stereocenters. The van der Waals surface area contributed by atoms with Crippen molar-refractivity contribution in [1.29, 1.82) is 0 Å². The van der Waals surface area contributed by atoms with Crippen LogP contribution in [0.1, 0.15) is 6.42 Å². The maximum Gasteiger partial charge on any atom is 0.283 e. The van der Waals surface area contributed by atoms with Crippen LogP contribution in [0.4, 0.5) is 11.4 Å². The maximum absolute atomic E-state index is 11.9. The summed E-state index contributed by atoms with van der Waals surface area (Å²) in [4.78, 5) is 22.1. The summed E-state index contributed by atoms with van der Waals surface area (Å²) in [6.45, 7) is 0.922. The second-order valence-electron chi connectivity index (χ2n) is 4.40. The van der Waals surface area contributed by atoms with E-state index in [4.69, 9.17) is 0 Å². The third-order valence-corrected chi connectivity index (χ3v) is 4.62. The number of nitro benzene ring substituents is 1. The molecule has 0 radical (unpaired) electrons. The number of nitrogens with one attached hydrogen (secondary N) is 2. The van der Waals surface area contributed by atoms with E-state index in [1.165, 1.54) is 12.1 Å². The molecule has 1 fully saturated rings. The number of amides is 1. The Labute approximate surface area is 129 Å². The maximum atomic E-state index is 11.9. The summed E-state index contributed by atoms with van der Waals surface area (Å²) in [5.41, 5.74) is 0.532. The van der Waals surface area contributed by atoms with Crippen molar-refractivity contribution < 1.29 is 9.72 Å². The molecule has 1 amide bonds. The fourth-order valence-electron chi connectivity index (χ4n) is 1.92. The van der Waals surface area contributed by atoms with Crippen LogP contribution in [0.25, 0.3) is 0 Å². The van der Waals surface area contributed by atoms with Gasteiger partial charge in [0.1, 0.15) is 0 Å². The summed E-state index contributed by atoms with van der Waals surface area (Å²) < 4.78 is 0.353. The first-order chi connectivity index (χ1) is 9.56. The minimum atomic E-state index is -0.473. The highest BCUT2D eigenvalue weighted by Gasteiger charge is 2.17. The number of nitrogens with zero attached hydrogens (tertiary/aromatic N) is 1. The molecule has 6 nitrogen and oxygen atoms in total. The molecule has 1 aliphatic rings. The lowest BCUT2D eigenvalue weighted by molar-refractivity contribution is -0.385. The lowest BCUT2D eigenvalue weighted by Gasteiger charge is -2.22. The number of thioether (sulfide) groups is 1. The van der Waals surface area contributed by atoms with Gasteiger partial charge in [-0.3, -0.25) is 14.9 Å². The zero-order valence-corrected chi connectivity index (χ0v) is 13.0. The van der Waals surface area contributed by atoms with Gasteiger partial charge >= 0.3 is 0 Å². The van der Waals surface area contributed by atoms with E-state index in [1.807, 2.05) is 11.8 Å². The summed E-state index contributed by atoms with van der Waals surface area (Å²) in [5.74, 6) is 1.91. The fraction of sp³-hybridized carbons (Fsp3) is 0.417. The van der Waals surface area contributed by atoms with Crippen molar-refractivity contribution in [3.8, 4) is 0 Å². The van der Waals surface area contributed by atoms with Gasteiger partial charge in [0.15, 0.2) is 0 Å². The quantitative estimate of drug-likeness (QED) is 0.636. The monoisotopic (exact) mass is 359 g/mol. The standard InChI is InChI=1S/C12H14BrN3O3S/c13-10-5-8(1-2-11(10)16(18)19)15-12(17)6-9-7-20-4-3-14-9/h1-2,5,9,14H,3-4,6-7H2,(H,15,17). The number of carbonyl (C=O) groups is 1. The predicted octanol–water partition coefficient (Wildman–Crippen LogP) is 2.39. The van der Waals surface area contributed by atoms with Gasteiger partial charge in [0, 0.05) is 42.3 Å². The predicted molar refractivity (Wildman–Crippen MR) is 83.2 cm³/mol. The molecule has 0 aliphatic carbocycles. The van der Waals surface area contributed by atoms with Crippen LogP contribution in [-0.2, 0) is 4.79 Å². The van der Waals surface area contributed by atoms with Crippen molar-refractivity contribution in [1.82, 2.24) is 5.32 Å². The molecule has 20 heavy (non-hydrogen) atoms. The molecule has 8 heteroatoms. The number of benzene rings is 1. The van der Waals surface area contributed by atoms with Gasteiger partial charge in [0.05, 0.1) is 9.40 Å². The highest BCUT2D eigenvalue weighted by molar-refractivity contribution is 9.10. The highest BCUT2D eigenvalue weighted by Crippen LogP contribution is 2.27. The molecular weight excluding hydrogens is 346 g/mol. The van der Waals surface area contributed by atoms with E-state index in [0.717, 1.165) is 18.1 Å². The largest absolute Gasteiger partial charge is 0.326 e. The third-order valence-electron chi connectivity index (χ3n) is 2.86. The number of hydrogen-bond acceptors (Lipinski definition) is 5. The van der Waals surface area contributed by atoms with Crippen molar-refractivity contribution in [2.24, 2.45) is 0 Å². The van der Waals surface area contributed by atoms with Crippen LogP contribution in [-0.4, -0.2) is 34.9 Å². The van der Waals surface area contributed by atoms with Crippen LogP contribution in [0.3, 0.4) is 0 Å². The summed E-state index contributed by atoms with van der Waals surface area (Å²) in [6.07, 6.45) is 0.404. The molecule has 0 saturated carbocycles. The van der Waals surface area contributed by atoms with Gasteiger partial charge in [-0.05, 0) is 28.1 Å². The van der Waals surface area contributed by atoms with E-state index >= 15 is 0 Å². The van der Waals surface area contributed by atoms with Crippen LogP contribution in [0.15, 0.2) is 22.7 Å². The van der Waals surface area contributed by atoms with Crippen LogP contribution in [0.5, 0.6) is 0 Å². The lowest BCUT2D eigenvalue weighted by atomic mass is 10.2. The first kappa shape index (κ1) is 15.3. The molecular formula is C12H14BrN3O3S. The second-order valence-corrected chi connectivity index (χ2v) is 6.41. The van der Waals surface area contributed by atoms with E-state index < -0.39 is 4.92 Å². The van der Waals surface area contributed by atoms with Crippen molar-refractivity contribution in [2.45, 2.75) is 12.5 Å². The van der Waals surface area contributed by atoms with Gasteiger partial charge in [-0.2, -0.15) is 11.8 Å². The number of nitro groups is 1. The molecule has 1 atom stereocenters. The first-order valence-corrected chi connectivity index (χ1v) is 8.06. The molecule has 108 valence electrons. The van der Waals surface area contributed by atoms with Crippen LogP contribution in [0, 0.1) is 10.1 Å². The van der Waals surface area contributed by atoms with Crippen LogP contribution in [0.2, 0.25) is 0 Å². The second kappa shape index (κ2) is 7.05. The Balaban J connectivity index is 1.93. The van der Waals surface area contributed by atoms with E-state index in [1.54, 1.807) is 6.07 Å². The van der Waals surface area contributed by atoms with Gasteiger partial charge in [0.2, 0.25) is 5.91 Å². The van der Waals surface area contributed by atoms with Gasteiger partial charge in [-0.25, -0.2) is 0 Å². The molecule has 0 bridgehead atoms. The number of halogens is 1. The van der Waals surface area contributed by atoms with Gasteiger partial charge in [-0.1, -0.05) is 0 Å². The van der Waals surface area contributed by atoms with E-state index in [-0.39, 0.29) is 17.6 Å². The average Bonchev–Trinajstić information content (AvgIpc) is 2.39. The fourth-order valence-corrected chi connectivity index (χ4v) is 3.39. The van der Waals surface area contributed by atoms with Gasteiger partial charge in [-0.15, -0.1) is 0 Å². The number of hydrogen-bond donors (Lipinski definition) is 2. The molecule has 2 N–H and O–H groups in total. The van der Waals surface area contributed by atoms with Crippen molar-refractivity contribution >= 4 is 45.0 Å². The molecule has 0 spiro atoms. The van der Waals surface area contributed by atoms with Crippen molar-refractivity contribution in [3.63, 3.8) is 0 Å². The van der Waals surface area contributed by atoms with Gasteiger partial charge < -0.3 is 10.6 Å². The normalized spacial score (nSPS) is 18.6. The number of carbonyl (C=O) groups excluding carboxylic acids is 1. The Bertz CT molecular complexity index is 521. The van der Waals surface area contributed by atoms with E-state index in [9.17, 15) is 14.9 Å². The first-order valence-electron chi connectivity index (χ1n) is 6.11. The minimum absolute atomic E-state index is 0.0200. The average molecular weight is 360 g/mol. The summed E-state index contributed by atoms with van der Waals surface area (Å²) in [6, 6.07) is 4.63. The smallest absolute Gasteiger partial charge is 0.283 e. The zero-order chi connectivity index (χ0) is 14.5. The molecule has 1 aromatic carbocycles. The number of anilines is 1. The minimum Gasteiger partial charge on any atom is -0.326 e. The molecule has 0 aromatic heterocycles. The molecule has 1 heterocycles. The van der Waals surface area contributed by atoms with E-state index in [2.05, 4.69) is 26.6 Å². The lowest BCUT2D eigenvalue weighted by Crippen LogP contribution is -2.39. The summed E-state index contributed by atoms with van der Waals surface area (Å²) in [7, 11) is 0. The summed E-state index contributed by atoms with van der Waals surface area (Å²) in [5, 5.41) is 16.7. The van der Waals surface area contributed by atoms with Crippen molar-refractivity contribution in [3.05, 3.63) is 32.8 Å². The Morgan fingerprint density at radius 2 is 2.40 bits per heavy atom. The van der Waals surface area contributed by atoms with Crippen LogP contribution >= 0.6 is 27.7 Å². The third kappa shape index (κ3) is 4.19. The molecule has 1 saturated heterocycles. The molecule has 1 aromatic rings. The molecule has 1 aliphatic heterocycles. The zero-order valence-electron chi connectivity index (χ0n) is 10.6.